The van der Waals surface area contributed by atoms with Crippen LogP contribution in [0.15, 0.2) is 35.5 Å². The Bertz CT molecular complexity index is 714. The van der Waals surface area contributed by atoms with Crippen LogP contribution in [0.5, 0.6) is 0 Å². The summed E-state index contributed by atoms with van der Waals surface area (Å²) in [6.45, 7) is 4.27. The number of hydrogen-bond donors (Lipinski definition) is 1. The second kappa shape index (κ2) is 6.31. The maximum atomic E-state index is 13.6. The predicted octanol–water partition coefficient (Wildman–Crippen LogP) is 1.87. The van der Waals surface area contributed by atoms with Crippen molar-refractivity contribution in [3.05, 3.63) is 42.2 Å². The van der Waals surface area contributed by atoms with Gasteiger partial charge in [0.2, 0.25) is 10.0 Å². The molecule has 8 heteroatoms. The third kappa shape index (κ3) is 3.45. The third-order valence-electron chi connectivity index (χ3n) is 2.93. The van der Waals surface area contributed by atoms with E-state index in [0.717, 1.165) is 12.5 Å². The first-order valence-electron chi connectivity index (χ1n) is 6.60. The van der Waals surface area contributed by atoms with Crippen LogP contribution < -0.4 is 4.72 Å². The van der Waals surface area contributed by atoms with Gasteiger partial charge in [-0.25, -0.2) is 27.2 Å². The molecule has 1 atom stereocenters. The van der Waals surface area contributed by atoms with Crippen LogP contribution in [0.3, 0.4) is 0 Å². The van der Waals surface area contributed by atoms with E-state index in [-0.39, 0.29) is 4.90 Å². The molecule has 1 aromatic carbocycles. The van der Waals surface area contributed by atoms with Gasteiger partial charge in [0.15, 0.2) is 0 Å². The Morgan fingerprint density at radius 3 is 2.76 bits per heavy atom. The molecule has 2 rings (SSSR count). The number of aryl methyl sites for hydroxylation is 1. The summed E-state index contributed by atoms with van der Waals surface area (Å²) in [7, 11) is -3.95. The molecule has 114 valence electrons. The van der Waals surface area contributed by atoms with Crippen LogP contribution in [0.2, 0.25) is 0 Å². The van der Waals surface area contributed by atoms with E-state index in [0.29, 0.717) is 12.4 Å². The van der Waals surface area contributed by atoms with Gasteiger partial charge in [0.25, 0.3) is 0 Å². The van der Waals surface area contributed by atoms with E-state index >= 15 is 0 Å². The quantitative estimate of drug-likeness (QED) is 0.883. The number of nitrogens with one attached hydrogen (secondary N) is 1. The summed E-state index contributed by atoms with van der Waals surface area (Å²) < 4.78 is 42.1. The molecule has 0 fully saturated rings. The monoisotopic (exact) mass is 312 g/mol. The van der Waals surface area contributed by atoms with Crippen LogP contribution in [-0.2, 0) is 16.6 Å². The largest absolute Gasteiger partial charge is 0.249 e. The summed E-state index contributed by atoms with van der Waals surface area (Å²) in [6.07, 6.45) is 2.22. The molecule has 0 aliphatic rings. The molecule has 0 saturated carbocycles. The molecule has 1 N–H and O–H groups in total. The molecule has 6 nitrogen and oxygen atoms in total. The van der Waals surface area contributed by atoms with Gasteiger partial charge in [-0.3, -0.25) is 0 Å². The number of rotatable bonds is 6. The van der Waals surface area contributed by atoms with Gasteiger partial charge in [-0.15, -0.1) is 0 Å². The molecule has 1 aromatic heterocycles. The van der Waals surface area contributed by atoms with Gasteiger partial charge in [-0.05, 0) is 25.5 Å². The van der Waals surface area contributed by atoms with E-state index in [1.54, 1.807) is 11.6 Å². The van der Waals surface area contributed by atoms with Crippen LogP contribution in [0.1, 0.15) is 32.1 Å². The molecule has 0 radical (unpaired) electrons. The lowest BCUT2D eigenvalue weighted by atomic mass is 10.3. The molecule has 0 aliphatic heterocycles. The average molecular weight is 312 g/mol. The van der Waals surface area contributed by atoms with Crippen molar-refractivity contribution in [2.75, 3.05) is 0 Å². The second-order valence-corrected chi connectivity index (χ2v) is 6.30. The molecule has 0 aliphatic carbocycles. The summed E-state index contributed by atoms with van der Waals surface area (Å²) in [5.74, 6) is -0.288. The maximum Gasteiger partial charge on any atom is 0.244 e. The molecule has 0 amide bonds. The Hall–Kier alpha value is -1.80. The first-order valence-corrected chi connectivity index (χ1v) is 8.08. The van der Waals surface area contributed by atoms with Gasteiger partial charge in [0.05, 0.1) is 6.04 Å². The summed E-state index contributed by atoms with van der Waals surface area (Å²) >= 11 is 0. The Morgan fingerprint density at radius 1 is 1.38 bits per heavy atom. The molecule has 0 saturated heterocycles. The first kappa shape index (κ1) is 15.6. The van der Waals surface area contributed by atoms with Crippen molar-refractivity contribution in [1.82, 2.24) is 19.5 Å². The summed E-state index contributed by atoms with van der Waals surface area (Å²) in [6, 6.07) is 4.64. The van der Waals surface area contributed by atoms with Gasteiger partial charge < -0.3 is 0 Å². The smallest absolute Gasteiger partial charge is 0.244 e. The van der Waals surface area contributed by atoms with Crippen molar-refractivity contribution in [2.45, 2.75) is 37.8 Å². The number of aromatic nitrogens is 3. The lowest BCUT2D eigenvalue weighted by Crippen LogP contribution is -2.29. The number of halogens is 1. The first-order chi connectivity index (χ1) is 9.95. The van der Waals surface area contributed by atoms with Gasteiger partial charge in [0, 0.05) is 6.54 Å². The molecular formula is C13H17FN4O2S. The van der Waals surface area contributed by atoms with E-state index < -0.39 is 21.9 Å². The summed E-state index contributed by atoms with van der Waals surface area (Å²) in [4.78, 5) is 3.69. The Labute approximate surface area is 123 Å². The molecular weight excluding hydrogens is 295 g/mol. The molecule has 1 unspecified atom stereocenters. The normalized spacial score (nSPS) is 13.3. The van der Waals surface area contributed by atoms with Gasteiger partial charge in [-0.2, -0.15) is 5.10 Å². The van der Waals surface area contributed by atoms with Crippen molar-refractivity contribution in [3.63, 3.8) is 0 Å². The highest BCUT2D eigenvalue weighted by atomic mass is 32.2. The van der Waals surface area contributed by atoms with Crippen LogP contribution >= 0.6 is 0 Å². The zero-order valence-electron chi connectivity index (χ0n) is 11.8. The van der Waals surface area contributed by atoms with Crippen LogP contribution in [0.25, 0.3) is 0 Å². The summed E-state index contributed by atoms with van der Waals surface area (Å²) in [5.41, 5.74) is 0. The molecule has 0 bridgehead atoms. The van der Waals surface area contributed by atoms with Crippen LogP contribution in [0.4, 0.5) is 4.39 Å². The van der Waals surface area contributed by atoms with E-state index in [1.165, 1.54) is 24.5 Å². The zero-order valence-corrected chi connectivity index (χ0v) is 12.6. The minimum Gasteiger partial charge on any atom is -0.249 e. The fourth-order valence-electron chi connectivity index (χ4n) is 2.00. The SMILES string of the molecule is CCCn1ncnc1C(C)NS(=O)(=O)c1ccccc1F. The highest BCUT2D eigenvalue weighted by molar-refractivity contribution is 7.89. The van der Waals surface area contributed by atoms with E-state index in [4.69, 9.17) is 0 Å². The zero-order chi connectivity index (χ0) is 15.5. The summed E-state index contributed by atoms with van der Waals surface area (Å²) in [5, 5.41) is 4.04. The minimum atomic E-state index is -3.95. The Kier molecular flexibility index (Phi) is 4.69. The van der Waals surface area contributed by atoms with Gasteiger partial charge >= 0.3 is 0 Å². The topological polar surface area (TPSA) is 76.9 Å². The van der Waals surface area contributed by atoms with Gasteiger partial charge in [-0.1, -0.05) is 19.1 Å². The fraction of sp³-hybridized carbons (Fsp3) is 0.385. The Balaban J connectivity index is 2.24. The van der Waals surface area contributed by atoms with Crippen molar-refractivity contribution < 1.29 is 12.8 Å². The van der Waals surface area contributed by atoms with Crippen LogP contribution in [-0.4, -0.2) is 23.2 Å². The fourth-order valence-corrected chi connectivity index (χ4v) is 3.28. The average Bonchev–Trinajstić information content (AvgIpc) is 2.87. The molecule has 1 heterocycles. The molecule has 0 spiro atoms. The predicted molar refractivity (Wildman–Crippen MR) is 75.4 cm³/mol. The van der Waals surface area contributed by atoms with Crippen molar-refractivity contribution in [3.8, 4) is 0 Å². The second-order valence-electron chi connectivity index (χ2n) is 4.61. The number of hydrogen-bond acceptors (Lipinski definition) is 4. The minimum absolute atomic E-state index is 0.376. The number of nitrogens with zero attached hydrogens (tertiary/aromatic N) is 3. The van der Waals surface area contributed by atoms with Crippen molar-refractivity contribution in [2.24, 2.45) is 0 Å². The van der Waals surface area contributed by atoms with E-state index in [9.17, 15) is 12.8 Å². The standard InChI is InChI=1S/C13H17FN4O2S/c1-3-8-18-13(15-9-16-18)10(2)17-21(19,20)12-7-5-4-6-11(12)14/h4-7,9-10,17H,3,8H2,1-2H3. The third-order valence-corrected chi connectivity index (χ3v) is 4.50. The van der Waals surface area contributed by atoms with Gasteiger partial charge in [0.1, 0.15) is 22.9 Å². The molecule has 2 aromatic rings. The molecule has 21 heavy (non-hydrogen) atoms. The Morgan fingerprint density at radius 2 is 2.10 bits per heavy atom. The maximum absolute atomic E-state index is 13.6. The lowest BCUT2D eigenvalue weighted by molar-refractivity contribution is 0.510. The van der Waals surface area contributed by atoms with Crippen molar-refractivity contribution >= 4 is 10.0 Å². The van der Waals surface area contributed by atoms with Crippen LogP contribution in [0, 0.1) is 5.82 Å². The van der Waals surface area contributed by atoms with E-state index in [1.807, 2.05) is 6.92 Å². The number of sulfonamides is 1. The number of benzene rings is 1. The van der Waals surface area contributed by atoms with E-state index in [2.05, 4.69) is 14.8 Å². The highest BCUT2D eigenvalue weighted by Gasteiger charge is 2.23. The highest BCUT2D eigenvalue weighted by Crippen LogP contribution is 2.17. The lowest BCUT2D eigenvalue weighted by Gasteiger charge is -2.15. The van der Waals surface area contributed by atoms with Crippen molar-refractivity contribution in [1.29, 1.82) is 0 Å².